The Morgan fingerprint density at radius 3 is 2.23 bits per heavy atom. The van der Waals surface area contributed by atoms with Gasteiger partial charge in [-0.2, -0.15) is 4.80 Å². The van der Waals surface area contributed by atoms with E-state index in [0.717, 1.165) is 29.8 Å². The van der Waals surface area contributed by atoms with Crippen molar-refractivity contribution in [3.05, 3.63) is 41.4 Å². The number of anilines is 2. The fourth-order valence-corrected chi connectivity index (χ4v) is 2.61. The Labute approximate surface area is 134 Å². The number of hydrogen-bond acceptors (Lipinski definition) is 4. The summed E-state index contributed by atoms with van der Waals surface area (Å²) in [6.07, 6.45) is 0. The zero-order valence-electron chi connectivity index (χ0n) is 12.6. The smallest absolute Gasteiger partial charge is 0.115 e. The number of nitrogen functional groups attached to an aromatic ring is 1. The van der Waals surface area contributed by atoms with Crippen LogP contribution in [0.15, 0.2) is 36.4 Å². The Kier molecular flexibility index (Phi) is 3.90. The van der Waals surface area contributed by atoms with Crippen molar-refractivity contribution >= 4 is 34.0 Å². The molecule has 0 saturated carbocycles. The molecule has 0 aliphatic heterocycles. The van der Waals surface area contributed by atoms with E-state index < -0.39 is 0 Å². The zero-order valence-corrected chi connectivity index (χ0v) is 13.4. The fourth-order valence-electron chi connectivity index (χ4n) is 2.46. The maximum absolute atomic E-state index is 6.02. The molecule has 1 heterocycles. The minimum absolute atomic E-state index is 0.497. The van der Waals surface area contributed by atoms with E-state index in [-0.39, 0.29) is 0 Å². The number of hydrogen-bond donors (Lipinski definition) is 1. The van der Waals surface area contributed by atoms with Crippen molar-refractivity contribution < 1.29 is 0 Å². The van der Waals surface area contributed by atoms with E-state index in [9.17, 15) is 0 Å². The van der Waals surface area contributed by atoms with Crippen molar-refractivity contribution in [3.63, 3.8) is 0 Å². The molecule has 0 aliphatic rings. The van der Waals surface area contributed by atoms with Gasteiger partial charge in [0.25, 0.3) is 0 Å². The third-order valence-electron chi connectivity index (χ3n) is 3.71. The SMILES string of the molecule is CCN(CC)c1ccc(-n2nc3cc(N)c(Cl)cc3n2)cc1. The zero-order chi connectivity index (χ0) is 15.7. The molecule has 5 nitrogen and oxygen atoms in total. The topological polar surface area (TPSA) is 60.0 Å². The first-order valence-corrected chi connectivity index (χ1v) is 7.67. The van der Waals surface area contributed by atoms with E-state index in [1.165, 1.54) is 5.69 Å². The van der Waals surface area contributed by atoms with Gasteiger partial charge in [0.15, 0.2) is 0 Å². The molecule has 0 amide bonds. The monoisotopic (exact) mass is 315 g/mol. The van der Waals surface area contributed by atoms with Gasteiger partial charge in [-0.05, 0) is 50.2 Å². The summed E-state index contributed by atoms with van der Waals surface area (Å²) in [4.78, 5) is 3.89. The summed E-state index contributed by atoms with van der Waals surface area (Å²) in [7, 11) is 0. The third-order valence-corrected chi connectivity index (χ3v) is 4.04. The molecular formula is C16H18ClN5. The Morgan fingerprint density at radius 2 is 1.64 bits per heavy atom. The van der Waals surface area contributed by atoms with Gasteiger partial charge in [-0.25, -0.2) is 0 Å². The summed E-state index contributed by atoms with van der Waals surface area (Å²) in [5, 5.41) is 9.40. The summed E-state index contributed by atoms with van der Waals surface area (Å²) in [5.74, 6) is 0. The second-order valence-electron chi connectivity index (χ2n) is 5.04. The van der Waals surface area contributed by atoms with Gasteiger partial charge in [-0.3, -0.25) is 0 Å². The number of nitrogens with two attached hydrogens (primary N) is 1. The molecule has 1 aromatic heterocycles. The molecule has 3 rings (SSSR count). The maximum Gasteiger partial charge on any atom is 0.115 e. The van der Waals surface area contributed by atoms with Crippen LogP contribution in [-0.2, 0) is 0 Å². The number of fused-ring (bicyclic) bond motifs is 1. The summed E-state index contributed by atoms with van der Waals surface area (Å²) >= 11 is 6.02. The van der Waals surface area contributed by atoms with Gasteiger partial charge >= 0.3 is 0 Å². The molecule has 0 unspecified atom stereocenters. The number of halogens is 1. The van der Waals surface area contributed by atoms with Gasteiger partial charge < -0.3 is 10.6 Å². The van der Waals surface area contributed by atoms with E-state index >= 15 is 0 Å². The molecule has 2 N–H and O–H groups in total. The first kappa shape index (κ1) is 14.7. The molecule has 0 bridgehead atoms. The molecule has 0 radical (unpaired) electrons. The van der Waals surface area contributed by atoms with Crippen LogP contribution in [0, 0.1) is 0 Å². The summed E-state index contributed by atoms with van der Waals surface area (Å²) in [6.45, 7) is 6.26. The van der Waals surface area contributed by atoms with E-state index in [0.29, 0.717) is 10.7 Å². The van der Waals surface area contributed by atoms with Gasteiger partial charge in [0.2, 0.25) is 0 Å². The van der Waals surface area contributed by atoms with E-state index in [4.69, 9.17) is 17.3 Å². The molecule has 0 spiro atoms. The highest BCUT2D eigenvalue weighted by Crippen LogP contribution is 2.24. The summed E-state index contributed by atoms with van der Waals surface area (Å²) in [6, 6.07) is 11.7. The standard InChI is InChI=1S/C16H18ClN5/c1-3-21(4-2)11-5-7-12(8-6-11)22-19-15-9-13(17)14(18)10-16(15)20-22/h5-10H,3-4,18H2,1-2H3. The van der Waals surface area contributed by atoms with Crippen molar-refractivity contribution in [2.75, 3.05) is 23.7 Å². The molecule has 22 heavy (non-hydrogen) atoms. The summed E-state index contributed by atoms with van der Waals surface area (Å²) in [5.41, 5.74) is 9.87. The van der Waals surface area contributed by atoms with Crippen LogP contribution in [0.1, 0.15) is 13.8 Å². The first-order valence-electron chi connectivity index (χ1n) is 7.29. The van der Waals surface area contributed by atoms with Crippen LogP contribution in [0.4, 0.5) is 11.4 Å². The van der Waals surface area contributed by atoms with Crippen LogP contribution in [0.25, 0.3) is 16.7 Å². The van der Waals surface area contributed by atoms with Gasteiger partial charge in [0.05, 0.1) is 16.4 Å². The number of nitrogens with zero attached hydrogens (tertiary/aromatic N) is 4. The van der Waals surface area contributed by atoms with Crippen molar-refractivity contribution in [1.29, 1.82) is 0 Å². The lowest BCUT2D eigenvalue weighted by atomic mass is 10.2. The van der Waals surface area contributed by atoms with Crippen molar-refractivity contribution in [2.24, 2.45) is 0 Å². The Morgan fingerprint density at radius 1 is 1.05 bits per heavy atom. The highest BCUT2D eigenvalue weighted by atomic mass is 35.5. The number of benzene rings is 2. The maximum atomic E-state index is 6.02. The van der Waals surface area contributed by atoms with Crippen molar-refractivity contribution in [3.8, 4) is 5.69 Å². The Hall–Kier alpha value is -2.27. The second kappa shape index (κ2) is 5.85. The molecule has 6 heteroatoms. The minimum Gasteiger partial charge on any atom is -0.397 e. The normalized spacial score (nSPS) is 11.0. The van der Waals surface area contributed by atoms with Crippen LogP contribution in [0.5, 0.6) is 0 Å². The van der Waals surface area contributed by atoms with Gasteiger partial charge in [-0.15, -0.1) is 10.2 Å². The molecule has 2 aromatic carbocycles. The largest absolute Gasteiger partial charge is 0.397 e. The van der Waals surface area contributed by atoms with Crippen LogP contribution >= 0.6 is 11.6 Å². The van der Waals surface area contributed by atoms with E-state index in [1.807, 2.05) is 12.1 Å². The lowest BCUT2D eigenvalue weighted by molar-refractivity contribution is 0.765. The van der Waals surface area contributed by atoms with E-state index in [2.05, 4.69) is 41.1 Å². The fraction of sp³-hybridized carbons (Fsp3) is 0.250. The molecular weight excluding hydrogens is 298 g/mol. The summed E-state index contributed by atoms with van der Waals surface area (Å²) < 4.78 is 0. The molecule has 114 valence electrons. The number of rotatable bonds is 4. The molecule has 0 atom stereocenters. The predicted octanol–water partition coefficient (Wildman–Crippen LogP) is 3.50. The second-order valence-corrected chi connectivity index (χ2v) is 5.45. The van der Waals surface area contributed by atoms with Crippen LogP contribution in [-0.4, -0.2) is 28.1 Å². The lowest BCUT2D eigenvalue weighted by Gasteiger charge is -2.20. The van der Waals surface area contributed by atoms with E-state index in [1.54, 1.807) is 16.9 Å². The van der Waals surface area contributed by atoms with Gasteiger partial charge in [0, 0.05) is 18.8 Å². The van der Waals surface area contributed by atoms with Crippen molar-refractivity contribution in [2.45, 2.75) is 13.8 Å². The van der Waals surface area contributed by atoms with Gasteiger partial charge in [-0.1, -0.05) is 11.6 Å². The Balaban J connectivity index is 1.97. The Bertz CT molecular complexity index is 751. The molecule has 0 fully saturated rings. The first-order chi connectivity index (χ1) is 10.6. The quantitative estimate of drug-likeness (QED) is 0.749. The highest BCUT2D eigenvalue weighted by Gasteiger charge is 2.08. The van der Waals surface area contributed by atoms with Crippen LogP contribution in [0.2, 0.25) is 5.02 Å². The molecule has 3 aromatic rings. The molecule has 0 saturated heterocycles. The minimum atomic E-state index is 0.497. The number of aromatic nitrogens is 3. The van der Waals surface area contributed by atoms with Crippen molar-refractivity contribution in [1.82, 2.24) is 15.0 Å². The average molecular weight is 316 g/mol. The third kappa shape index (κ3) is 2.60. The van der Waals surface area contributed by atoms with Crippen LogP contribution < -0.4 is 10.6 Å². The van der Waals surface area contributed by atoms with Crippen LogP contribution in [0.3, 0.4) is 0 Å². The predicted molar refractivity (Wildman–Crippen MR) is 91.8 cm³/mol. The molecule has 0 aliphatic carbocycles. The lowest BCUT2D eigenvalue weighted by Crippen LogP contribution is -2.21. The van der Waals surface area contributed by atoms with Gasteiger partial charge in [0.1, 0.15) is 11.0 Å². The average Bonchev–Trinajstić information content (AvgIpc) is 2.92. The highest BCUT2D eigenvalue weighted by molar-refractivity contribution is 6.33.